The minimum absolute atomic E-state index is 0.110. The topological polar surface area (TPSA) is 78.7 Å². The maximum absolute atomic E-state index is 10.9. The highest BCUT2D eigenvalue weighted by Crippen LogP contribution is 2.18. The smallest absolute Gasteiger partial charge is 0.156 e. The van der Waals surface area contributed by atoms with E-state index in [0.717, 1.165) is 5.56 Å². The van der Waals surface area contributed by atoms with Gasteiger partial charge < -0.3 is 5.32 Å². The van der Waals surface area contributed by atoms with Gasteiger partial charge >= 0.3 is 0 Å². The second-order valence-electron chi connectivity index (χ2n) is 3.71. The van der Waals surface area contributed by atoms with Gasteiger partial charge in [-0.3, -0.25) is 4.79 Å². The predicted molar refractivity (Wildman–Crippen MR) is 70.9 cm³/mol. The van der Waals surface area contributed by atoms with E-state index in [1.807, 2.05) is 6.07 Å². The first-order chi connectivity index (χ1) is 9.24. The Balaban J connectivity index is 2.17. The van der Waals surface area contributed by atoms with Gasteiger partial charge in [0.1, 0.15) is 17.3 Å². The Hall–Kier alpha value is -2.45. The lowest BCUT2D eigenvalue weighted by atomic mass is 10.1. The van der Waals surface area contributed by atoms with Gasteiger partial charge in [0.05, 0.1) is 17.2 Å². The molecule has 1 aromatic heterocycles. The van der Waals surface area contributed by atoms with E-state index < -0.39 is 0 Å². The van der Waals surface area contributed by atoms with Crippen molar-refractivity contribution in [1.29, 1.82) is 5.26 Å². The van der Waals surface area contributed by atoms with Crippen molar-refractivity contribution in [3.63, 3.8) is 0 Å². The van der Waals surface area contributed by atoms with Gasteiger partial charge in [-0.1, -0.05) is 23.7 Å². The summed E-state index contributed by atoms with van der Waals surface area (Å²) in [4.78, 5) is 18.6. The van der Waals surface area contributed by atoms with Crippen molar-refractivity contribution < 1.29 is 4.79 Å². The molecule has 0 spiro atoms. The van der Waals surface area contributed by atoms with Crippen molar-refractivity contribution in [2.24, 2.45) is 0 Å². The molecular formula is C13H9ClN4O. The van der Waals surface area contributed by atoms with Crippen molar-refractivity contribution in [3.05, 3.63) is 52.4 Å². The van der Waals surface area contributed by atoms with E-state index in [-0.39, 0.29) is 10.7 Å². The molecule has 94 valence electrons. The van der Waals surface area contributed by atoms with E-state index in [1.165, 1.54) is 6.33 Å². The Morgan fingerprint density at radius 1 is 1.42 bits per heavy atom. The molecule has 0 radical (unpaired) electrons. The van der Waals surface area contributed by atoms with E-state index in [2.05, 4.69) is 21.4 Å². The molecule has 1 aromatic carbocycles. The number of hydrogen-bond acceptors (Lipinski definition) is 5. The Morgan fingerprint density at radius 3 is 3.00 bits per heavy atom. The van der Waals surface area contributed by atoms with Crippen LogP contribution in [0.5, 0.6) is 0 Å². The van der Waals surface area contributed by atoms with Crippen LogP contribution in [0.2, 0.25) is 5.15 Å². The van der Waals surface area contributed by atoms with Crippen LogP contribution in [-0.2, 0) is 6.54 Å². The summed E-state index contributed by atoms with van der Waals surface area (Å²) in [7, 11) is 0. The fourth-order valence-electron chi connectivity index (χ4n) is 1.56. The lowest BCUT2D eigenvalue weighted by molar-refractivity contribution is 0.112. The van der Waals surface area contributed by atoms with Crippen molar-refractivity contribution in [1.82, 2.24) is 9.97 Å². The molecule has 2 aromatic rings. The molecule has 5 nitrogen and oxygen atoms in total. The van der Waals surface area contributed by atoms with Crippen LogP contribution in [0, 0.1) is 11.3 Å². The number of aldehydes is 1. The molecule has 6 heteroatoms. The highest BCUT2D eigenvalue weighted by molar-refractivity contribution is 6.32. The normalized spacial score (nSPS) is 9.68. The lowest BCUT2D eigenvalue weighted by Crippen LogP contribution is -2.05. The third kappa shape index (κ3) is 3.06. The molecule has 2 rings (SSSR count). The van der Waals surface area contributed by atoms with Gasteiger partial charge in [0.2, 0.25) is 0 Å². The van der Waals surface area contributed by atoms with Gasteiger partial charge in [0.25, 0.3) is 0 Å². The molecule has 0 unspecified atom stereocenters. The van der Waals surface area contributed by atoms with Gasteiger partial charge in [-0.25, -0.2) is 9.97 Å². The average Bonchev–Trinajstić information content (AvgIpc) is 2.45. The molecule has 0 atom stereocenters. The van der Waals surface area contributed by atoms with Crippen LogP contribution in [0.4, 0.5) is 5.82 Å². The number of anilines is 1. The van der Waals surface area contributed by atoms with Crippen molar-refractivity contribution in [2.45, 2.75) is 6.54 Å². The van der Waals surface area contributed by atoms with Gasteiger partial charge in [0.15, 0.2) is 6.29 Å². The highest BCUT2D eigenvalue weighted by atomic mass is 35.5. The number of aromatic nitrogens is 2. The van der Waals surface area contributed by atoms with E-state index in [0.29, 0.717) is 24.2 Å². The lowest BCUT2D eigenvalue weighted by Gasteiger charge is -2.08. The van der Waals surface area contributed by atoms with Gasteiger partial charge in [-0.05, 0) is 17.7 Å². The van der Waals surface area contributed by atoms with Crippen molar-refractivity contribution >= 4 is 23.7 Å². The zero-order valence-corrected chi connectivity index (χ0v) is 10.6. The minimum atomic E-state index is 0.110. The number of rotatable bonds is 4. The van der Waals surface area contributed by atoms with Gasteiger partial charge in [-0.2, -0.15) is 5.26 Å². The molecule has 0 amide bonds. The van der Waals surface area contributed by atoms with Crippen LogP contribution >= 0.6 is 11.6 Å². The molecule has 0 aliphatic carbocycles. The summed E-state index contributed by atoms with van der Waals surface area (Å²) in [5.41, 5.74) is 1.71. The quantitative estimate of drug-likeness (QED) is 0.683. The SMILES string of the molecule is N#Cc1cccc(CNc2ncnc(Cl)c2C=O)c1. The monoisotopic (exact) mass is 272 g/mol. The summed E-state index contributed by atoms with van der Waals surface area (Å²) in [6.45, 7) is 0.434. The van der Waals surface area contributed by atoms with Crippen LogP contribution in [0.15, 0.2) is 30.6 Å². The first-order valence-electron chi connectivity index (χ1n) is 5.43. The molecule has 0 aliphatic heterocycles. The number of carbonyl (C=O) groups excluding carboxylic acids is 1. The van der Waals surface area contributed by atoms with Gasteiger partial charge in [-0.15, -0.1) is 0 Å². The summed E-state index contributed by atoms with van der Waals surface area (Å²) in [6, 6.07) is 9.22. The van der Waals surface area contributed by atoms with Crippen LogP contribution < -0.4 is 5.32 Å². The molecular weight excluding hydrogens is 264 g/mol. The van der Waals surface area contributed by atoms with Crippen LogP contribution in [0.25, 0.3) is 0 Å². The number of hydrogen-bond donors (Lipinski definition) is 1. The van der Waals surface area contributed by atoms with E-state index in [1.54, 1.807) is 18.2 Å². The predicted octanol–water partition coefficient (Wildman–Crippen LogP) is 2.43. The number of nitrogens with one attached hydrogen (secondary N) is 1. The molecule has 0 saturated carbocycles. The zero-order valence-electron chi connectivity index (χ0n) is 9.80. The number of benzene rings is 1. The largest absolute Gasteiger partial charge is 0.365 e. The fraction of sp³-hybridized carbons (Fsp3) is 0.0769. The average molecular weight is 273 g/mol. The molecule has 1 heterocycles. The second-order valence-corrected chi connectivity index (χ2v) is 4.07. The standard InChI is InChI=1S/C13H9ClN4O/c14-12-11(7-19)13(18-8-17-12)16-6-10-3-1-2-9(4-10)5-15/h1-4,7-8H,6H2,(H,16,17,18). The minimum Gasteiger partial charge on any atom is -0.365 e. The van der Waals surface area contributed by atoms with Crippen LogP contribution in [0.1, 0.15) is 21.5 Å². The van der Waals surface area contributed by atoms with Crippen molar-refractivity contribution in [3.8, 4) is 6.07 Å². The molecule has 0 fully saturated rings. The summed E-state index contributed by atoms with van der Waals surface area (Å²) in [6.07, 6.45) is 1.89. The van der Waals surface area contributed by atoms with Crippen LogP contribution in [-0.4, -0.2) is 16.3 Å². The summed E-state index contributed by atoms with van der Waals surface area (Å²) in [5.74, 6) is 0.373. The summed E-state index contributed by atoms with van der Waals surface area (Å²) in [5, 5.41) is 11.9. The molecule has 1 N–H and O–H groups in total. The maximum Gasteiger partial charge on any atom is 0.156 e. The maximum atomic E-state index is 10.9. The Kier molecular flexibility index (Phi) is 4.06. The Morgan fingerprint density at radius 2 is 2.26 bits per heavy atom. The van der Waals surface area contributed by atoms with Crippen LogP contribution in [0.3, 0.4) is 0 Å². The zero-order chi connectivity index (χ0) is 13.7. The molecule has 0 saturated heterocycles. The number of carbonyl (C=O) groups is 1. The number of nitrogens with zero attached hydrogens (tertiary/aromatic N) is 3. The first-order valence-corrected chi connectivity index (χ1v) is 5.81. The van der Waals surface area contributed by atoms with Crippen molar-refractivity contribution in [2.75, 3.05) is 5.32 Å². The third-order valence-electron chi connectivity index (χ3n) is 2.47. The Labute approximate surface area is 114 Å². The summed E-state index contributed by atoms with van der Waals surface area (Å²) < 4.78 is 0. The van der Waals surface area contributed by atoms with E-state index in [9.17, 15) is 4.79 Å². The molecule has 19 heavy (non-hydrogen) atoms. The highest BCUT2D eigenvalue weighted by Gasteiger charge is 2.08. The van der Waals surface area contributed by atoms with Gasteiger partial charge in [0, 0.05) is 6.54 Å². The fourth-order valence-corrected chi connectivity index (χ4v) is 1.73. The number of halogens is 1. The molecule has 0 bridgehead atoms. The third-order valence-corrected chi connectivity index (χ3v) is 2.77. The van der Waals surface area contributed by atoms with E-state index >= 15 is 0 Å². The second kappa shape index (κ2) is 5.94. The number of nitriles is 1. The summed E-state index contributed by atoms with van der Waals surface area (Å²) >= 11 is 5.79. The molecule has 0 aliphatic rings. The van der Waals surface area contributed by atoms with E-state index in [4.69, 9.17) is 16.9 Å². The first kappa shape index (κ1) is 13.0. The Bertz CT molecular complexity index is 651.